The molecule has 10 heteroatoms. The molecule has 0 radical (unpaired) electrons. The van der Waals surface area contributed by atoms with Crippen molar-refractivity contribution in [1.29, 1.82) is 5.26 Å². The average molecular weight is 538 g/mol. The average Bonchev–Trinajstić information content (AvgIpc) is 3.22. The molecular formula is C29H30F3N5O2. The summed E-state index contributed by atoms with van der Waals surface area (Å²) in [6.07, 6.45) is -2.22. The van der Waals surface area contributed by atoms with E-state index in [-0.39, 0.29) is 18.9 Å². The molecule has 0 spiro atoms. The summed E-state index contributed by atoms with van der Waals surface area (Å²) in [5.74, 6) is 1.79. The lowest BCUT2D eigenvalue weighted by Gasteiger charge is -2.35. The van der Waals surface area contributed by atoms with Gasteiger partial charge in [-0.1, -0.05) is 12.1 Å². The predicted octanol–water partition coefficient (Wildman–Crippen LogP) is 5.34. The summed E-state index contributed by atoms with van der Waals surface area (Å²) < 4.78 is 46.2. The fraction of sp³-hybridized carbons (Fsp3) is 0.414. The first-order valence-corrected chi connectivity index (χ1v) is 13.1. The van der Waals surface area contributed by atoms with Crippen molar-refractivity contribution in [2.75, 3.05) is 19.6 Å². The van der Waals surface area contributed by atoms with E-state index in [0.717, 1.165) is 28.2 Å². The van der Waals surface area contributed by atoms with Gasteiger partial charge in [0, 0.05) is 45.3 Å². The molecule has 0 saturated carbocycles. The van der Waals surface area contributed by atoms with Crippen molar-refractivity contribution in [3.63, 3.8) is 0 Å². The van der Waals surface area contributed by atoms with Crippen LogP contribution in [0.2, 0.25) is 0 Å². The quantitative estimate of drug-likeness (QED) is 0.421. The molecule has 6 bridgehead atoms. The fourth-order valence-electron chi connectivity index (χ4n) is 5.20. The molecule has 1 atom stereocenters. The Balaban J connectivity index is 1.50. The number of carbonyl (C=O) groups is 1. The summed E-state index contributed by atoms with van der Waals surface area (Å²) in [5, 5.41) is 9.70. The number of nitriles is 1. The van der Waals surface area contributed by atoms with Crippen molar-refractivity contribution in [3.8, 4) is 17.6 Å². The van der Waals surface area contributed by atoms with Crippen LogP contribution >= 0.6 is 0 Å². The summed E-state index contributed by atoms with van der Waals surface area (Å²) in [6.45, 7) is 4.94. The van der Waals surface area contributed by atoms with Gasteiger partial charge in [0.25, 0.3) is 0 Å². The second-order valence-corrected chi connectivity index (χ2v) is 10.2. The van der Waals surface area contributed by atoms with E-state index in [9.17, 15) is 23.2 Å². The van der Waals surface area contributed by atoms with E-state index in [2.05, 4.69) is 20.5 Å². The topological polar surface area (TPSA) is 74.4 Å². The van der Waals surface area contributed by atoms with Crippen LogP contribution in [0.5, 0.6) is 11.5 Å². The summed E-state index contributed by atoms with van der Waals surface area (Å²) in [4.78, 5) is 21.6. The second kappa shape index (κ2) is 11.1. The van der Waals surface area contributed by atoms with E-state index in [1.165, 1.54) is 0 Å². The number of hydrogen-bond donors (Lipinski definition) is 0. The molecule has 0 aliphatic carbocycles. The van der Waals surface area contributed by atoms with Crippen molar-refractivity contribution < 1.29 is 22.7 Å². The number of rotatable bonds is 4. The molecule has 1 amide bonds. The molecule has 204 valence electrons. The number of amides is 1. The Morgan fingerprint density at radius 2 is 1.90 bits per heavy atom. The zero-order chi connectivity index (χ0) is 27.6. The number of imidazole rings is 1. The molecule has 3 aliphatic rings. The molecule has 1 aromatic heterocycles. The second-order valence-electron chi connectivity index (χ2n) is 10.2. The largest absolute Gasteiger partial charge is 0.456 e. The first kappa shape index (κ1) is 26.8. The maximum atomic E-state index is 13.1. The number of fused-ring (bicyclic) bond motifs is 2. The van der Waals surface area contributed by atoms with Crippen molar-refractivity contribution in [1.82, 2.24) is 19.4 Å². The lowest BCUT2D eigenvalue weighted by Crippen LogP contribution is -2.49. The van der Waals surface area contributed by atoms with E-state index in [1.54, 1.807) is 17.0 Å². The van der Waals surface area contributed by atoms with Crippen LogP contribution in [0.1, 0.15) is 53.0 Å². The van der Waals surface area contributed by atoms with Gasteiger partial charge in [-0.2, -0.15) is 18.4 Å². The van der Waals surface area contributed by atoms with E-state index in [4.69, 9.17) is 4.74 Å². The van der Waals surface area contributed by atoms with Gasteiger partial charge in [0.15, 0.2) is 0 Å². The van der Waals surface area contributed by atoms with Gasteiger partial charge in [-0.25, -0.2) is 4.98 Å². The Labute approximate surface area is 225 Å². The van der Waals surface area contributed by atoms with Crippen LogP contribution in [0, 0.1) is 18.3 Å². The number of benzene rings is 2. The summed E-state index contributed by atoms with van der Waals surface area (Å²) in [6, 6.07) is 13.2. The third kappa shape index (κ3) is 6.42. The predicted molar refractivity (Wildman–Crippen MR) is 138 cm³/mol. The number of unbranched alkanes of at least 4 members (excludes halogenated alkanes) is 1. The van der Waals surface area contributed by atoms with E-state index in [1.807, 2.05) is 37.4 Å². The number of carbonyl (C=O) groups excluding carboxylic acids is 1. The lowest BCUT2D eigenvalue weighted by atomic mass is 10.00. The van der Waals surface area contributed by atoms with Crippen LogP contribution in [-0.2, 0) is 30.8 Å². The van der Waals surface area contributed by atoms with E-state index < -0.39 is 12.6 Å². The third-order valence-electron chi connectivity index (χ3n) is 7.35. The normalized spacial score (nSPS) is 17.5. The number of ether oxygens (including phenoxy) is 1. The Morgan fingerprint density at radius 3 is 2.67 bits per heavy atom. The summed E-state index contributed by atoms with van der Waals surface area (Å²) in [5.41, 5.74) is 4.08. The number of nitrogens with zero attached hydrogens (tertiary/aromatic N) is 5. The van der Waals surface area contributed by atoms with Gasteiger partial charge in [0.2, 0.25) is 5.91 Å². The number of aryl methyl sites for hydroxylation is 2. The number of hydrogen-bond acceptors (Lipinski definition) is 5. The monoisotopic (exact) mass is 537 g/mol. The number of piperazine rings is 1. The molecule has 3 aliphatic heterocycles. The maximum absolute atomic E-state index is 13.1. The minimum absolute atomic E-state index is 0.00228. The van der Waals surface area contributed by atoms with Gasteiger partial charge in [-0.3, -0.25) is 9.69 Å². The molecule has 2 aromatic carbocycles. The number of alkyl halides is 3. The number of halogens is 3. The SMILES string of the molecule is Cc1ncc2n1Cc1ccc(C#N)c(c1)Oc1ccc(CCCCC(F)(F)F)c(c1)CN1CCN(CC1=O)C2. The number of aromatic nitrogens is 2. The molecule has 6 rings (SSSR count). The maximum Gasteiger partial charge on any atom is 0.389 e. The van der Waals surface area contributed by atoms with Crippen LogP contribution in [0.15, 0.2) is 42.6 Å². The zero-order valence-corrected chi connectivity index (χ0v) is 21.8. The van der Waals surface area contributed by atoms with Crippen molar-refractivity contribution in [2.45, 2.75) is 58.4 Å². The van der Waals surface area contributed by atoms with Gasteiger partial charge in [-0.05, 0) is 67.1 Å². The highest BCUT2D eigenvalue weighted by Gasteiger charge is 2.27. The molecule has 4 heterocycles. The van der Waals surface area contributed by atoms with Crippen LogP contribution in [0.3, 0.4) is 0 Å². The lowest BCUT2D eigenvalue weighted by molar-refractivity contribution is -0.137. The third-order valence-corrected chi connectivity index (χ3v) is 7.35. The highest BCUT2D eigenvalue weighted by Crippen LogP contribution is 2.31. The molecule has 0 N–H and O–H groups in total. The molecule has 39 heavy (non-hydrogen) atoms. The van der Waals surface area contributed by atoms with Crippen LogP contribution in [0.25, 0.3) is 0 Å². The van der Waals surface area contributed by atoms with Crippen molar-refractivity contribution >= 4 is 5.91 Å². The fourth-order valence-corrected chi connectivity index (χ4v) is 5.20. The van der Waals surface area contributed by atoms with Crippen LogP contribution < -0.4 is 4.74 Å². The summed E-state index contributed by atoms with van der Waals surface area (Å²) in [7, 11) is 0. The van der Waals surface area contributed by atoms with E-state index in [0.29, 0.717) is 62.6 Å². The Hall–Kier alpha value is -3.84. The van der Waals surface area contributed by atoms with Gasteiger partial charge in [0.05, 0.1) is 17.8 Å². The van der Waals surface area contributed by atoms with Crippen LogP contribution in [0.4, 0.5) is 13.2 Å². The van der Waals surface area contributed by atoms with Crippen LogP contribution in [-0.4, -0.2) is 51.1 Å². The first-order chi connectivity index (χ1) is 18.7. The Morgan fingerprint density at radius 1 is 1.05 bits per heavy atom. The zero-order valence-electron chi connectivity index (χ0n) is 21.8. The van der Waals surface area contributed by atoms with Gasteiger partial charge < -0.3 is 14.2 Å². The minimum atomic E-state index is -4.17. The van der Waals surface area contributed by atoms with Gasteiger partial charge >= 0.3 is 6.18 Å². The van der Waals surface area contributed by atoms with Crippen molar-refractivity contribution in [2.24, 2.45) is 0 Å². The van der Waals surface area contributed by atoms with Crippen molar-refractivity contribution in [3.05, 3.63) is 76.4 Å². The molecule has 1 fully saturated rings. The molecule has 7 nitrogen and oxygen atoms in total. The molecule has 1 unspecified atom stereocenters. The summed E-state index contributed by atoms with van der Waals surface area (Å²) >= 11 is 0. The highest BCUT2D eigenvalue weighted by molar-refractivity contribution is 5.79. The van der Waals surface area contributed by atoms with E-state index >= 15 is 0 Å². The minimum Gasteiger partial charge on any atom is -0.456 e. The molecule has 3 aromatic rings. The Bertz CT molecular complexity index is 1410. The molecular weight excluding hydrogens is 507 g/mol. The first-order valence-electron chi connectivity index (χ1n) is 13.1. The standard InChI is InChI=1S/C29H30F3N5O2/c1-20-34-15-25-18-35-10-11-36(28(38)19-35)17-24-13-26(8-7-22(24)4-2-3-9-29(30,31)32)39-27-12-21(16-37(20)25)5-6-23(27)14-33/h5-8,12-13,15H,2-4,9-11,16-19H2,1H3. The highest BCUT2D eigenvalue weighted by atomic mass is 19.4. The molecule has 1 saturated heterocycles. The Kier molecular flexibility index (Phi) is 7.62. The van der Waals surface area contributed by atoms with Gasteiger partial charge in [-0.15, -0.1) is 0 Å². The smallest absolute Gasteiger partial charge is 0.389 e. The van der Waals surface area contributed by atoms with Gasteiger partial charge in [0.1, 0.15) is 23.4 Å².